The Bertz CT molecular complexity index is 994. The molecule has 0 saturated heterocycles. The van der Waals surface area contributed by atoms with Crippen LogP contribution in [0.3, 0.4) is 0 Å². The summed E-state index contributed by atoms with van der Waals surface area (Å²) in [6, 6.07) is 12.5. The number of amides is 1. The van der Waals surface area contributed by atoms with E-state index in [-0.39, 0.29) is 11.7 Å². The van der Waals surface area contributed by atoms with E-state index in [0.29, 0.717) is 27.4 Å². The molecule has 28 heavy (non-hydrogen) atoms. The van der Waals surface area contributed by atoms with Gasteiger partial charge in [-0.25, -0.2) is 0 Å². The van der Waals surface area contributed by atoms with Gasteiger partial charge in [0.25, 0.3) is 0 Å². The van der Waals surface area contributed by atoms with Gasteiger partial charge in [0.05, 0.1) is 23.6 Å². The molecule has 1 amide bonds. The molecule has 9 heteroatoms. The number of aromatic nitrogens is 3. The lowest BCUT2D eigenvalue weighted by molar-refractivity contribution is -0.113. The van der Waals surface area contributed by atoms with Crippen LogP contribution in [0.1, 0.15) is 6.92 Å². The number of carbonyl (C=O) groups is 1. The molecule has 2 aromatic carbocycles. The average molecular weight is 437 g/mol. The lowest BCUT2D eigenvalue weighted by atomic mass is 10.2. The zero-order valence-corrected chi connectivity index (χ0v) is 17.6. The van der Waals surface area contributed by atoms with Crippen LogP contribution in [0.2, 0.25) is 10.0 Å². The van der Waals surface area contributed by atoms with E-state index in [2.05, 4.69) is 15.5 Å². The van der Waals surface area contributed by atoms with E-state index in [0.717, 1.165) is 17.1 Å². The van der Waals surface area contributed by atoms with E-state index in [9.17, 15) is 4.79 Å². The fraction of sp³-hybridized carbons (Fsp3) is 0.211. The number of ether oxygens (including phenoxy) is 1. The van der Waals surface area contributed by atoms with Crippen molar-refractivity contribution in [2.45, 2.75) is 18.6 Å². The summed E-state index contributed by atoms with van der Waals surface area (Å²) in [6.45, 7) is 2.67. The van der Waals surface area contributed by atoms with Gasteiger partial charge < -0.3 is 14.6 Å². The van der Waals surface area contributed by atoms with Crippen molar-refractivity contribution in [3.63, 3.8) is 0 Å². The number of hydrogen-bond acceptors (Lipinski definition) is 5. The average Bonchev–Trinajstić information content (AvgIpc) is 3.12. The van der Waals surface area contributed by atoms with Crippen LogP contribution in [0.5, 0.6) is 5.75 Å². The largest absolute Gasteiger partial charge is 0.497 e. The molecule has 0 atom stereocenters. The van der Waals surface area contributed by atoms with Crippen molar-refractivity contribution in [3.8, 4) is 17.1 Å². The molecule has 0 radical (unpaired) electrons. The molecular formula is C19H18Cl2N4O2S. The van der Waals surface area contributed by atoms with Gasteiger partial charge in [-0.1, -0.05) is 47.1 Å². The number of nitrogens with zero attached hydrogens (tertiary/aromatic N) is 3. The fourth-order valence-electron chi connectivity index (χ4n) is 2.57. The minimum absolute atomic E-state index is 0.166. The molecule has 0 spiro atoms. The van der Waals surface area contributed by atoms with E-state index in [1.54, 1.807) is 25.3 Å². The van der Waals surface area contributed by atoms with Crippen LogP contribution in [-0.2, 0) is 11.3 Å². The highest BCUT2D eigenvalue weighted by molar-refractivity contribution is 7.99. The summed E-state index contributed by atoms with van der Waals surface area (Å²) in [4.78, 5) is 12.3. The molecule has 3 rings (SSSR count). The molecule has 0 fully saturated rings. The van der Waals surface area contributed by atoms with Crippen LogP contribution in [-0.4, -0.2) is 33.5 Å². The summed E-state index contributed by atoms with van der Waals surface area (Å²) in [7, 11) is 1.62. The smallest absolute Gasteiger partial charge is 0.234 e. The number of thioether (sulfide) groups is 1. The zero-order chi connectivity index (χ0) is 20.1. The highest BCUT2D eigenvalue weighted by Gasteiger charge is 2.15. The van der Waals surface area contributed by atoms with Gasteiger partial charge in [0, 0.05) is 17.1 Å². The lowest BCUT2D eigenvalue weighted by Crippen LogP contribution is -2.15. The maximum Gasteiger partial charge on any atom is 0.234 e. The predicted octanol–water partition coefficient (Wildman–Crippen LogP) is 5.01. The van der Waals surface area contributed by atoms with Gasteiger partial charge in [0.15, 0.2) is 11.0 Å². The molecule has 3 aromatic rings. The molecule has 0 saturated carbocycles. The van der Waals surface area contributed by atoms with Crippen LogP contribution in [0, 0.1) is 0 Å². The van der Waals surface area contributed by atoms with Crippen molar-refractivity contribution < 1.29 is 9.53 Å². The van der Waals surface area contributed by atoms with Crippen molar-refractivity contribution in [2.24, 2.45) is 0 Å². The predicted molar refractivity (Wildman–Crippen MR) is 113 cm³/mol. The van der Waals surface area contributed by atoms with Gasteiger partial charge >= 0.3 is 0 Å². The number of nitrogens with one attached hydrogen (secondary N) is 1. The molecule has 146 valence electrons. The monoisotopic (exact) mass is 436 g/mol. The Morgan fingerprint density at radius 1 is 1.21 bits per heavy atom. The summed E-state index contributed by atoms with van der Waals surface area (Å²) in [5.74, 6) is 1.43. The number of carbonyl (C=O) groups excluding carboxylic acids is 1. The van der Waals surface area contributed by atoms with E-state index in [4.69, 9.17) is 27.9 Å². The lowest BCUT2D eigenvalue weighted by Gasteiger charge is -2.09. The molecule has 6 nitrogen and oxygen atoms in total. The Hall–Kier alpha value is -2.22. The highest BCUT2D eigenvalue weighted by atomic mass is 35.5. The first-order valence-corrected chi connectivity index (χ1v) is 10.2. The second kappa shape index (κ2) is 9.32. The van der Waals surface area contributed by atoms with Crippen LogP contribution in [0.25, 0.3) is 11.4 Å². The first kappa shape index (κ1) is 20.5. The molecule has 0 bridgehead atoms. The summed E-state index contributed by atoms with van der Waals surface area (Å²) < 4.78 is 7.23. The van der Waals surface area contributed by atoms with E-state index < -0.39 is 0 Å². The van der Waals surface area contributed by atoms with Gasteiger partial charge in [-0.2, -0.15) is 0 Å². The first-order valence-electron chi connectivity index (χ1n) is 8.47. The van der Waals surface area contributed by atoms with Crippen molar-refractivity contribution in [1.82, 2.24) is 14.8 Å². The maximum atomic E-state index is 12.3. The Morgan fingerprint density at radius 3 is 2.79 bits per heavy atom. The molecule has 0 unspecified atom stereocenters. The quantitative estimate of drug-likeness (QED) is 0.527. The van der Waals surface area contributed by atoms with Crippen LogP contribution in [0.4, 0.5) is 5.69 Å². The molecular weight excluding hydrogens is 419 g/mol. The molecule has 0 aliphatic carbocycles. The van der Waals surface area contributed by atoms with Crippen LogP contribution in [0.15, 0.2) is 47.6 Å². The van der Waals surface area contributed by atoms with Gasteiger partial charge in [-0.15, -0.1) is 10.2 Å². The van der Waals surface area contributed by atoms with Gasteiger partial charge in [0.1, 0.15) is 5.75 Å². The number of halogens is 2. The number of methoxy groups -OCH3 is 1. The van der Waals surface area contributed by atoms with Crippen LogP contribution < -0.4 is 10.1 Å². The van der Waals surface area contributed by atoms with Crippen LogP contribution >= 0.6 is 35.0 Å². The molecule has 1 aromatic heterocycles. The van der Waals surface area contributed by atoms with Crippen molar-refractivity contribution in [2.75, 3.05) is 18.2 Å². The minimum Gasteiger partial charge on any atom is -0.497 e. The minimum atomic E-state index is -0.206. The molecule has 0 aliphatic heterocycles. The second-order valence-corrected chi connectivity index (χ2v) is 7.53. The molecule has 1 heterocycles. The maximum absolute atomic E-state index is 12.3. The molecule has 1 N–H and O–H groups in total. The van der Waals surface area contributed by atoms with E-state index >= 15 is 0 Å². The Kier molecular flexibility index (Phi) is 6.83. The highest BCUT2D eigenvalue weighted by Crippen LogP contribution is 2.28. The Labute approximate surface area is 177 Å². The molecule has 0 aliphatic rings. The number of rotatable bonds is 7. The third-order valence-electron chi connectivity index (χ3n) is 3.90. The standard InChI is InChI=1S/C19H18Cl2N4O2S/c1-3-25-18(12-5-4-6-14(9-12)27-2)23-24-19(25)28-11-17(26)22-16-10-13(20)7-8-15(16)21/h4-10H,3,11H2,1-2H3,(H,22,26). The van der Waals surface area contributed by atoms with Gasteiger partial charge in [-0.3, -0.25) is 4.79 Å². The van der Waals surface area contributed by atoms with Gasteiger partial charge in [0.2, 0.25) is 5.91 Å². The number of anilines is 1. The number of benzene rings is 2. The van der Waals surface area contributed by atoms with Crippen molar-refractivity contribution in [1.29, 1.82) is 0 Å². The van der Waals surface area contributed by atoms with E-state index in [1.807, 2.05) is 35.8 Å². The third-order valence-corrected chi connectivity index (χ3v) is 5.43. The SMILES string of the molecule is CCn1c(SCC(=O)Nc2cc(Cl)ccc2Cl)nnc1-c1cccc(OC)c1. The zero-order valence-electron chi connectivity index (χ0n) is 15.3. The van der Waals surface area contributed by atoms with E-state index in [1.165, 1.54) is 11.8 Å². The Morgan fingerprint density at radius 2 is 2.04 bits per heavy atom. The third kappa shape index (κ3) is 4.79. The van der Waals surface area contributed by atoms with Crippen molar-refractivity contribution >= 4 is 46.6 Å². The summed E-state index contributed by atoms with van der Waals surface area (Å²) in [6.07, 6.45) is 0. The van der Waals surface area contributed by atoms with Gasteiger partial charge in [-0.05, 0) is 37.3 Å². The summed E-state index contributed by atoms with van der Waals surface area (Å²) >= 11 is 13.3. The summed E-state index contributed by atoms with van der Waals surface area (Å²) in [5.41, 5.74) is 1.38. The first-order chi connectivity index (χ1) is 13.5. The topological polar surface area (TPSA) is 69.0 Å². The fourth-order valence-corrected chi connectivity index (χ4v) is 3.71. The Balaban J connectivity index is 1.71. The number of hydrogen-bond donors (Lipinski definition) is 1. The second-order valence-electron chi connectivity index (χ2n) is 5.74. The van der Waals surface area contributed by atoms with Crippen molar-refractivity contribution in [3.05, 3.63) is 52.5 Å². The summed E-state index contributed by atoms with van der Waals surface area (Å²) in [5, 5.41) is 12.9. The normalized spacial score (nSPS) is 10.7.